The number of hydrogen-bond donors (Lipinski definition) is 1. The number of anilines is 1. The van der Waals surface area contributed by atoms with Crippen molar-refractivity contribution in [3.05, 3.63) is 91.3 Å². The molecule has 4 aromatic rings. The zero-order valence-electron chi connectivity index (χ0n) is 16.5. The highest BCUT2D eigenvalue weighted by molar-refractivity contribution is 9.10. The number of phenols is 1. The van der Waals surface area contributed by atoms with Gasteiger partial charge in [0, 0.05) is 6.20 Å². The van der Waals surface area contributed by atoms with Crippen LogP contribution < -0.4 is 15.1 Å². The van der Waals surface area contributed by atoms with Crippen LogP contribution in [0.4, 0.5) is 5.82 Å². The number of rotatable bonds is 3. The molecule has 2 aromatic carbocycles. The Balaban J connectivity index is 1.83. The number of nitrogens with zero attached hydrogens (tertiary/aromatic N) is 2. The van der Waals surface area contributed by atoms with Gasteiger partial charge in [0.25, 0.3) is 5.91 Å². The highest BCUT2D eigenvalue weighted by atomic mass is 79.9. The van der Waals surface area contributed by atoms with Crippen molar-refractivity contribution in [3.8, 4) is 11.5 Å². The molecule has 1 atom stereocenters. The molecular weight excluding hydrogens is 500 g/mol. The number of aromatic hydroxyl groups is 1. The molecular formula is C23H14BrClN2O5. The first-order chi connectivity index (χ1) is 15.4. The number of para-hydroxylation sites is 1. The molecule has 9 heteroatoms. The number of hydrogen-bond acceptors (Lipinski definition) is 6. The summed E-state index contributed by atoms with van der Waals surface area (Å²) in [5, 5.41) is 11.0. The summed E-state index contributed by atoms with van der Waals surface area (Å²) in [6.07, 6.45) is 1.42. The smallest absolute Gasteiger partial charge is 0.296 e. The molecule has 1 amide bonds. The number of ether oxygens (including phenoxy) is 1. The van der Waals surface area contributed by atoms with Crippen LogP contribution in [0.3, 0.4) is 0 Å². The fourth-order valence-corrected chi connectivity index (χ4v) is 4.46. The van der Waals surface area contributed by atoms with E-state index < -0.39 is 11.9 Å². The van der Waals surface area contributed by atoms with E-state index in [-0.39, 0.29) is 28.3 Å². The highest BCUT2D eigenvalue weighted by Crippen LogP contribution is 2.44. The molecule has 0 bridgehead atoms. The van der Waals surface area contributed by atoms with E-state index in [4.69, 9.17) is 20.8 Å². The molecule has 2 aromatic heterocycles. The van der Waals surface area contributed by atoms with Crippen LogP contribution in [0.5, 0.6) is 11.5 Å². The predicted molar refractivity (Wildman–Crippen MR) is 123 cm³/mol. The molecule has 7 nitrogen and oxygen atoms in total. The van der Waals surface area contributed by atoms with Crippen molar-refractivity contribution < 1.29 is 19.1 Å². The van der Waals surface area contributed by atoms with Gasteiger partial charge in [-0.15, -0.1) is 0 Å². The van der Waals surface area contributed by atoms with Crippen LogP contribution >= 0.6 is 27.5 Å². The fraction of sp³-hybridized carbons (Fsp3) is 0.0870. The summed E-state index contributed by atoms with van der Waals surface area (Å²) in [6.45, 7) is 0. The zero-order valence-corrected chi connectivity index (χ0v) is 18.8. The molecule has 0 aliphatic carbocycles. The van der Waals surface area contributed by atoms with Gasteiger partial charge in [0.1, 0.15) is 11.4 Å². The van der Waals surface area contributed by atoms with Crippen molar-refractivity contribution in [2.45, 2.75) is 6.04 Å². The number of pyridine rings is 1. The van der Waals surface area contributed by atoms with Gasteiger partial charge in [0.05, 0.1) is 33.6 Å². The van der Waals surface area contributed by atoms with E-state index in [2.05, 4.69) is 20.9 Å². The van der Waals surface area contributed by atoms with Crippen LogP contribution in [-0.4, -0.2) is 23.1 Å². The maximum atomic E-state index is 13.5. The second-order valence-electron chi connectivity index (χ2n) is 7.14. The third-order valence-corrected chi connectivity index (χ3v) is 6.15. The number of amides is 1. The number of aromatic nitrogens is 1. The molecule has 0 saturated heterocycles. The van der Waals surface area contributed by atoms with Crippen LogP contribution in [0.2, 0.25) is 5.02 Å². The molecule has 3 heterocycles. The van der Waals surface area contributed by atoms with Gasteiger partial charge in [-0.3, -0.25) is 14.5 Å². The number of phenolic OH excluding ortho intramolecular Hbond substituents is 1. The number of halogens is 2. The molecule has 1 unspecified atom stereocenters. The number of carbonyl (C=O) groups excluding carboxylic acids is 1. The summed E-state index contributed by atoms with van der Waals surface area (Å²) in [5.41, 5.74) is 0.710. The minimum absolute atomic E-state index is 0.0568. The van der Waals surface area contributed by atoms with E-state index in [0.29, 0.717) is 31.8 Å². The molecule has 0 spiro atoms. The molecule has 1 aliphatic rings. The minimum Gasteiger partial charge on any atom is -0.503 e. The molecule has 1 N–H and O–H groups in total. The van der Waals surface area contributed by atoms with Crippen molar-refractivity contribution in [1.29, 1.82) is 0 Å². The lowest BCUT2D eigenvalue weighted by atomic mass is 9.98. The maximum absolute atomic E-state index is 13.5. The molecule has 32 heavy (non-hydrogen) atoms. The fourth-order valence-electron chi connectivity index (χ4n) is 3.89. The largest absolute Gasteiger partial charge is 0.503 e. The molecule has 160 valence electrons. The van der Waals surface area contributed by atoms with Crippen molar-refractivity contribution in [3.63, 3.8) is 0 Å². The lowest BCUT2D eigenvalue weighted by Crippen LogP contribution is -2.30. The Labute approximate surface area is 195 Å². The van der Waals surface area contributed by atoms with Gasteiger partial charge in [-0.25, -0.2) is 4.98 Å². The van der Waals surface area contributed by atoms with E-state index in [1.165, 1.54) is 18.2 Å². The summed E-state index contributed by atoms with van der Waals surface area (Å²) in [6, 6.07) is 12.3. The first kappa shape index (κ1) is 20.5. The minimum atomic E-state index is -0.863. The molecule has 1 aliphatic heterocycles. The molecule has 5 rings (SSSR count). The Bertz CT molecular complexity index is 1450. The van der Waals surface area contributed by atoms with E-state index in [1.807, 2.05) is 0 Å². The average Bonchev–Trinajstić information content (AvgIpc) is 3.09. The van der Waals surface area contributed by atoms with Gasteiger partial charge >= 0.3 is 0 Å². The van der Waals surface area contributed by atoms with Crippen molar-refractivity contribution in [2.75, 3.05) is 12.0 Å². The third kappa shape index (κ3) is 3.06. The summed E-state index contributed by atoms with van der Waals surface area (Å²) in [4.78, 5) is 32.7. The van der Waals surface area contributed by atoms with Crippen LogP contribution in [-0.2, 0) is 0 Å². The molecule has 0 radical (unpaired) electrons. The molecule has 0 fully saturated rings. The first-order valence-electron chi connectivity index (χ1n) is 9.48. The average molecular weight is 514 g/mol. The Morgan fingerprint density at radius 3 is 2.69 bits per heavy atom. The third-order valence-electron chi connectivity index (χ3n) is 5.32. The quantitative estimate of drug-likeness (QED) is 0.411. The maximum Gasteiger partial charge on any atom is 0.296 e. The van der Waals surface area contributed by atoms with Gasteiger partial charge in [-0.2, -0.15) is 0 Å². The summed E-state index contributed by atoms with van der Waals surface area (Å²) < 4.78 is 11.5. The Morgan fingerprint density at radius 2 is 1.97 bits per heavy atom. The SMILES string of the molecule is COc1cc(C2c3c(oc4ccccc4c3=O)C(=O)N2c2ccc(Cl)cn2)cc(Br)c1O. The summed E-state index contributed by atoms with van der Waals surface area (Å²) in [7, 11) is 1.42. The monoisotopic (exact) mass is 512 g/mol. The van der Waals surface area contributed by atoms with Gasteiger partial charge in [-0.1, -0.05) is 23.7 Å². The van der Waals surface area contributed by atoms with Gasteiger partial charge in [0.15, 0.2) is 16.9 Å². The second kappa shape index (κ2) is 7.65. The van der Waals surface area contributed by atoms with Crippen molar-refractivity contribution in [2.24, 2.45) is 0 Å². The number of fused-ring (bicyclic) bond motifs is 2. The van der Waals surface area contributed by atoms with E-state index >= 15 is 0 Å². The van der Waals surface area contributed by atoms with Crippen LogP contribution in [0.1, 0.15) is 27.7 Å². The van der Waals surface area contributed by atoms with E-state index in [0.717, 1.165) is 0 Å². The normalized spacial score (nSPS) is 15.3. The van der Waals surface area contributed by atoms with Crippen LogP contribution in [0.25, 0.3) is 11.0 Å². The van der Waals surface area contributed by atoms with Crippen molar-refractivity contribution in [1.82, 2.24) is 4.98 Å². The number of carbonyl (C=O) groups is 1. The van der Waals surface area contributed by atoms with Crippen molar-refractivity contribution >= 4 is 50.2 Å². The lowest BCUT2D eigenvalue weighted by molar-refractivity contribution is 0.0970. The lowest BCUT2D eigenvalue weighted by Gasteiger charge is -2.25. The first-order valence-corrected chi connectivity index (χ1v) is 10.6. The van der Waals surface area contributed by atoms with Crippen LogP contribution in [0, 0.1) is 0 Å². The van der Waals surface area contributed by atoms with Crippen LogP contribution in [0.15, 0.2) is 68.4 Å². The summed E-state index contributed by atoms with van der Waals surface area (Å²) >= 11 is 9.30. The second-order valence-corrected chi connectivity index (χ2v) is 8.43. The predicted octanol–water partition coefficient (Wildman–Crippen LogP) is 5.07. The highest BCUT2D eigenvalue weighted by Gasteiger charge is 2.44. The van der Waals surface area contributed by atoms with Gasteiger partial charge < -0.3 is 14.3 Å². The standard InChI is InChI=1S/C23H14BrClN2O5/c1-31-16-9-11(8-14(24)21(16)29)19-18-20(28)13-4-2-3-5-15(13)32-22(18)23(30)27(19)17-7-6-12(25)10-26-17/h2-10,19,29H,1H3. The Kier molecular flexibility index (Phi) is 4.91. The Morgan fingerprint density at radius 1 is 1.19 bits per heavy atom. The molecule has 0 saturated carbocycles. The number of methoxy groups -OCH3 is 1. The van der Waals surface area contributed by atoms with Gasteiger partial charge in [0.2, 0.25) is 5.76 Å². The zero-order chi connectivity index (χ0) is 22.6. The topological polar surface area (TPSA) is 92.9 Å². The Hall–Kier alpha value is -3.36. The van der Waals surface area contributed by atoms with E-state index in [9.17, 15) is 14.7 Å². The summed E-state index contributed by atoms with van der Waals surface area (Å²) in [5.74, 6) is -0.182. The van der Waals surface area contributed by atoms with Gasteiger partial charge in [-0.05, 0) is 57.9 Å². The van der Waals surface area contributed by atoms with E-state index in [1.54, 1.807) is 48.5 Å². The number of benzene rings is 2.